The van der Waals surface area contributed by atoms with Crippen molar-refractivity contribution in [2.75, 3.05) is 26.3 Å². The molecule has 6 nitrogen and oxygen atoms in total. The van der Waals surface area contributed by atoms with E-state index < -0.39 is 0 Å². The summed E-state index contributed by atoms with van der Waals surface area (Å²) in [5, 5.41) is 3.19. The predicted molar refractivity (Wildman–Crippen MR) is 94.8 cm³/mol. The molecule has 1 aliphatic heterocycles. The van der Waals surface area contributed by atoms with Crippen molar-refractivity contribution in [3.8, 4) is 23.0 Å². The molecule has 0 aromatic heterocycles. The molecule has 0 unspecified atom stereocenters. The zero-order valence-electron chi connectivity index (χ0n) is 13.7. The van der Waals surface area contributed by atoms with Gasteiger partial charge in [0.15, 0.2) is 23.0 Å². The first kappa shape index (κ1) is 17.0. The number of methoxy groups -OCH3 is 2. The Labute approximate surface area is 149 Å². The average Bonchev–Trinajstić information content (AvgIpc) is 3.09. The van der Waals surface area contributed by atoms with Crippen LogP contribution in [0.3, 0.4) is 0 Å². The van der Waals surface area contributed by atoms with Gasteiger partial charge in [0.25, 0.3) is 0 Å². The molecule has 1 amide bonds. The molecule has 1 aliphatic rings. The molecule has 2 aromatic rings. The van der Waals surface area contributed by atoms with E-state index in [-0.39, 0.29) is 12.7 Å². The zero-order valence-corrected chi connectivity index (χ0v) is 14.4. The molecule has 1 heterocycles. The molecule has 0 saturated heterocycles. The largest absolute Gasteiger partial charge is 0.493 e. The Hall–Kier alpha value is -2.86. The van der Waals surface area contributed by atoms with E-state index >= 15 is 0 Å². The summed E-state index contributed by atoms with van der Waals surface area (Å²) >= 11 is 6.12. The molecule has 3 rings (SSSR count). The average molecular weight is 362 g/mol. The van der Waals surface area contributed by atoms with Crippen molar-refractivity contribution in [3.63, 3.8) is 0 Å². The van der Waals surface area contributed by atoms with Crippen molar-refractivity contribution in [2.24, 2.45) is 0 Å². The van der Waals surface area contributed by atoms with Crippen molar-refractivity contribution in [1.29, 1.82) is 0 Å². The van der Waals surface area contributed by atoms with Gasteiger partial charge in [-0.2, -0.15) is 0 Å². The minimum atomic E-state index is -0.291. The second kappa shape index (κ2) is 7.36. The van der Waals surface area contributed by atoms with Crippen molar-refractivity contribution in [1.82, 2.24) is 0 Å². The predicted octanol–water partition coefficient (Wildman–Crippen LogP) is 3.74. The standard InChI is InChI=1S/C18H16ClNO5/c1-22-14-5-4-12(9-15(14)23-2)20-17(21)6-3-11-7-13(19)18-16(8-11)24-10-25-18/h3-9H,10H2,1-2H3,(H,20,21). The molecule has 2 aromatic carbocycles. The van der Waals surface area contributed by atoms with Gasteiger partial charge in [-0.15, -0.1) is 0 Å². The number of amides is 1. The van der Waals surface area contributed by atoms with Crippen LogP contribution in [-0.2, 0) is 4.79 Å². The first-order valence-corrected chi connectivity index (χ1v) is 7.78. The van der Waals surface area contributed by atoms with E-state index in [2.05, 4.69) is 5.32 Å². The van der Waals surface area contributed by atoms with E-state index in [1.807, 2.05) is 0 Å². The summed E-state index contributed by atoms with van der Waals surface area (Å²) < 4.78 is 20.9. The summed E-state index contributed by atoms with van der Waals surface area (Å²) in [4.78, 5) is 12.1. The lowest BCUT2D eigenvalue weighted by atomic mass is 10.2. The Balaban J connectivity index is 1.70. The van der Waals surface area contributed by atoms with Crippen LogP contribution < -0.4 is 24.3 Å². The molecule has 130 valence electrons. The summed E-state index contributed by atoms with van der Waals surface area (Å²) in [7, 11) is 3.09. The molecular formula is C18H16ClNO5. The van der Waals surface area contributed by atoms with E-state index in [9.17, 15) is 4.79 Å². The molecule has 1 N–H and O–H groups in total. The Morgan fingerprint density at radius 2 is 1.96 bits per heavy atom. The molecule has 0 saturated carbocycles. The Bertz CT molecular complexity index is 834. The van der Waals surface area contributed by atoms with Crippen LogP contribution in [0, 0.1) is 0 Å². The molecule has 0 aliphatic carbocycles. The zero-order chi connectivity index (χ0) is 17.8. The second-order valence-corrected chi connectivity index (χ2v) is 5.54. The van der Waals surface area contributed by atoms with Crippen LogP contribution in [0.2, 0.25) is 5.02 Å². The van der Waals surface area contributed by atoms with Crippen LogP contribution in [0.1, 0.15) is 5.56 Å². The number of rotatable bonds is 5. The topological polar surface area (TPSA) is 66.0 Å². The lowest BCUT2D eigenvalue weighted by Gasteiger charge is -2.09. The number of hydrogen-bond donors (Lipinski definition) is 1. The third-order valence-electron chi connectivity index (χ3n) is 3.53. The normalized spacial score (nSPS) is 12.3. The van der Waals surface area contributed by atoms with Crippen molar-refractivity contribution in [3.05, 3.63) is 47.0 Å². The van der Waals surface area contributed by atoms with Gasteiger partial charge in [0.05, 0.1) is 19.2 Å². The molecule has 0 atom stereocenters. The van der Waals surface area contributed by atoms with Crippen LogP contribution in [0.5, 0.6) is 23.0 Å². The van der Waals surface area contributed by atoms with Crippen LogP contribution in [-0.4, -0.2) is 26.9 Å². The minimum absolute atomic E-state index is 0.141. The van der Waals surface area contributed by atoms with Gasteiger partial charge < -0.3 is 24.3 Å². The maximum atomic E-state index is 12.1. The first-order valence-electron chi connectivity index (χ1n) is 7.41. The number of carbonyl (C=O) groups excluding carboxylic acids is 1. The Morgan fingerprint density at radius 1 is 1.16 bits per heavy atom. The fraction of sp³-hybridized carbons (Fsp3) is 0.167. The van der Waals surface area contributed by atoms with Gasteiger partial charge in [0.1, 0.15) is 0 Å². The number of ether oxygens (including phenoxy) is 4. The molecule has 25 heavy (non-hydrogen) atoms. The smallest absolute Gasteiger partial charge is 0.248 e. The van der Waals surface area contributed by atoms with Gasteiger partial charge in [-0.1, -0.05) is 11.6 Å². The van der Waals surface area contributed by atoms with Crippen LogP contribution in [0.4, 0.5) is 5.69 Å². The maximum absolute atomic E-state index is 12.1. The summed E-state index contributed by atoms with van der Waals surface area (Å²) in [6, 6.07) is 8.59. The van der Waals surface area contributed by atoms with Gasteiger partial charge in [0.2, 0.25) is 12.7 Å². The summed E-state index contributed by atoms with van der Waals surface area (Å²) in [5.74, 6) is 1.92. The highest BCUT2D eigenvalue weighted by atomic mass is 35.5. The number of hydrogen-bond acceptors (Lipinski definition) is 5. The summed E-state index contributed by atoms with van der Waals surface area (Å²) in [6.07, 6.45) is 3.05. The van der Waals surface area contributed by atoms with Gasteiger partial charge in [0, 0.05) is 17.8 Å². The number of halogens is 1. The molecule has 0 fully saturated rings. The van der Waals surface area contributed by atoms with Gasteiger partial charge in [-0.3, -0.25) is 4.79 Å². The van der Waals surface area contributed by atoms with E-state index in [0.29, 0.717) is 33.7 Å². The van der Waals surface area contributed by atoms with Crippen molar-refractivity contribution in [2.45, 2.75) is 0 Å². The molecule has 0 spiro atoms. The Kier molecular flexibility index (Phi) is 5.00. The number of carbonyl (C=O) groups is 1. The molecule has 0 radical (unpaired) electrons. The minimum Gasteiger partial charge on any atom is -0.493 e. The lowest BCUT2D eigenvalue weighted by molar-refractivity contribution is -0.111. The maximum Gasteiger partial charge on any atom is 0.248 e. The van der Waals surface area contributed by atoms with E-state index in [0.717, 1.165) is 5.56 Å². The highest BCUT2D eigenvalue weighted by Crippen LogP contribution is 2.40. The highest BCUT2D eigenvalue weighted by Gasteiger charge is 2.17. The van der Waals surface area contributed by atoms with Gasteiger partial charge in [-0.25, -0.2) is 0 Å². The molecule has 0 bridgehead atoms. The number of nitrogens with one attached hydrogen (secondary N) is 1. The van der Waals surface area contributed by atoms with E-state index in [4.69, 9.17) is 30.5 Å². The quantitative estimate of drug-likeness (QED) is 0.822. The highest BCUT2D eigenvalue weighted by molar-refractivity contribution is 6.32. The van der Waals surface area contributed by atoms with E-state index in [1.165, 1.54) is 13.2 Å². The third kappa shape index (κ3) is 3.80. The fourth-order valence-electron chi connectivity index (χ4n) is 2.35. The number of anilines is 1. The SMILES string of the molecule is COc1ccc(NC(=O)C=Cc2cc(Cl)c3c(c2)OCO3)cc1OC. The summed E-state index contributed by atoms with van der Waals surface area (Å²) in [6.45, 7) is 0.141. The van der Waals surface area contributed by atoms with Crippen LogP contribution in [0.25, 0.3) is 6.08 Å². The lowest BCUT2D eigenvalue weighted by Crippen LogP contribution is -2.07. The van der Waals surface area contributed by atoms with Crippen molar-refractivity contribution >= 4 is 29.3 Å². The number of fused-ring (bicyclic) bond motifs is 1. The van der Waals surface area contributed by atoms with Crippen LogP contribution in [0.15, 0.2) is 36.4 Å². The monoisotopic (exact) mass is 361 g/mol. The van der Waals surface area contributed by atoms with Gasteiger partial charge in [-0.05, 0) is 35.9 Å². The first-order chi connectivity index (χ1) is 12.1. The van der Waals surface area contributed by atoms with Crippen LogP contribution >= 0.6 is 11.6 Å². The van der Waals surface area contributed by atoms with Crippen molar-refractivity contribution < 1.29 is 23.7 Å². The number of benzene rings is 2. The summed E-state index contributed by atoms with van der Waals surface area (Å²) in [5.41, 5.74) is 1.33. The molecule has 7 heteroatoms. The fourth-order valence-corrected chi connectivity index (χ4v) is 2.63. The third-order valence-corrected chi connectivity index (χ3v) is 3.81. The van der Waals surface area contributed by atoms with E-state index in [1.54, 1.807) is 43.5 Å². The molecular weight excluding hydrogens is 346 g/mol. The van der Waals surface area contributed by atoms with Gasteiger partial charge >= 0.3 is 0 Å². The Morgan fingerprint density at radius 3 is 2.72 bits per heavy atom. The second-order valence-electron chi connectivity index (χ2n) is 5.13.